The number of imidazole rings is 1. The molecule has 0 spiro atoms. The second kappa shape index (κ2) is 5.50. The quantitative estimate of drug-likeness (QED) is 0.709. The van der Waals surface area contributed by atoms with Gasteiger partial charge in [0.05, 0.1) is 12.1 Å². The van der Waals surface area contributed by atoms with Crippen molar-refractivity contribution in [2.75, 3.05) is 0 Å². The second-order valence-electron chi connectivity index (χ2n) is 4.71. The molecule has 20 heavy (non-hydrogen) atoms. The summed E-state index contributed by atoms with van der Waals surface area (Å²) in [7, 11) is 0. The summed E-state index contributed by atoms with van der Waals surface area (Å²) >= 11 is 8.82. The minimum atomic E-state index is 0.699. The van der Waals surface area contributed by atoms with Crippen molar-refractivity contribution in [1.29, 1.82) is 0 Å². The molecule has 3 aromatic rings. The number of benzene rings is 1. The normalized spacial score (nSPS) is 11.1. The van der Waals surface area contributed by atoms with Crippen molar-refractivity contribution in [3.05, 3.63) is 56.9 Å². The maximum atomic E-state index is 5.40. The molecule has 102 valence electrons. The van der Waals surface area contributed by atoms with E-state index in [1.54, 1.807) is 6.20 Å². The van der Waals surface area contributed by atoms with Crippen LogP contribution in [0, 0.1) is 4.77 Å². The summed E-state index contributed by atoms with van der Waals surface area (Å²) in [6.45, 7) is 2.89. The fraction of sp³-hybridized carbons (Fsp3) is 0.200. The molecule has 3 nitrogen and oxygen atoms in total. The van der Waals surface area contributed by atoms with Crippen LogP contribution in [-0.4, -0.2) is 14.5 Å². The van der Waals surface area contributed by atoms with Gasteiger partial charge >= 0.3 is 0 Å². The molecule has 0 aliphatic heterocycles. The van der Waals surface area contributed by atoms with Gasteiger partial charge < -0.3 is 4.98 Å². The van der Waals surface area contributed by atoms with E-state index in [-0.39, 0.29) is 0 Å². The minimum Gasteiger partial charge on any atom is -0.329 e. The fourth-order valence-electron chi connectivity index (χ4n) is 2.23. The van der Waals surface area contributed by atoms with Crippen LogP contribution >= 0.6 is 28.1 Å². The van der Waals surface area contributed by atoms with Crippen LogP contribution in [0.2, 0.25) is 0 Å². The third-order valence-electron chi connectivity index (χ3n) is 3.35. The first-order valence-electron chi connectivity index (χ1n) is 6.49. The van der Waals surface area contributed by atoms with Crippen LogP contribution in [-0.2, 0) is 13.0 Å². The van der Waals surface area contributed by atoms with Gasteiger partial charge in [0, 0.05) is 10.7 Å². The second-order valence-corrected chi connectivity index (χ2v) is 6.01. The van der Waals surface area contributed by atoms with Crippen LogP contribution in [0.3, 0.4) is 0 Å². The van der Waals surface area contributed by atoms with E-state index in [9.17, 15) is 0 Å². The first-order valence-corrected chi connectivity index (χ1v) is 7.69. The predicted molar refractivity (Wildman–Crippen MR) is 87.5 cm³/mol. The molecular formula is C15H14BrN3S. The zero-order valence-corrected chi connectivity index (χ0v) is 13.5. The number of nitrogens with one attached hydrogen (secondary N) is 1. The lowest BCUT2D eigenvalue weighted by Gasteiger charge is -2.05. The van der Waals surface area contributed by atoms with Crippen LogP contribution in [0.4, 0.5) is 0 Å². The molecule has 0 bridgehead atoms. The third-order valence-corrected chi connectivity index (χ3v) is 4.10. The van der Waals surface area contributed by atoms with E-state index < -0.39 is 0 Å². The first-order chi connectivity index (χ1) is 9.67. The minimum absolute atomic E-state index is 0.699. The molecule has 1 aromatic carbocycles. The van der Waals surface area contributed by atoms with Gasteiger partial charge in [0.2, 0.25) is 0 Å². The summed E-state index contributed by atoms with van der Waals surface area (Å²) in [5.74, 6) is 0. The van der Waals surface area contributed by atoms with E-state index in [2.05, 4.69) is 57.1 Å². The molecule has 3 rings (SSSR count). The number of fused-ring (bicyclic) bond motifs is 1. The van der Waals surface area contributed by atoms with Gasteiger partial charge in [-0.3, -0.25) is 4.57 Å². The summed E-state index contributed by atoms with van der Waals surface area (Å²) in [5.41, 5.74) is 4.41. The molecule has 0 saturated heterocycles. The van der Waals surface area contributed by atoms with Gasteiger partial charge in [-0.25, -0.2) is 4.98 Å². The number of halogens is 1. The molecule has 2 aromatic heterocycles. The van der Waals surface area contributed by atoms with Crippen LogP contribution in [0.5, 0.6) is 0 Å². The molecule has 0 aliphatic carbocycles. The van der Waals surface area contributed by atoms with E-state index in [1.807, 2.05) is 10.6 Å². The van der Waals surface area contributed by atoms with Crippen LogP contribution in [0.15, 0.2) is 41.0 Å². The number of hydrogen-bond donors (Lipinski definition) is 1. The van der Waals surface area contributed by atoms with Crippen molar-refractivity contribution in [3.8, 4) is 0 Å². The highest BCUT2D eigenvalue weighted by Crippen LogP contribution is 2.18. The average Bonchev–Trinajstić information content (AvgIpc) is 2.75. The van der Waals surface area contributed by atoms with E-state index in [0.29, 0.717) is 4.77 Å². The summed E-state index contributed by atoms with van der Waals surface area (Å²) in [4.78, 5) is 7.65. The Balaban J connectivity index is 2.01. The molecule has 0 radical (unpaired) electrons. The summed E-state index contributed by atoms with van der Waals surface area (Å²) in [5, 5.41) is 0. The monoisotopic (exact) mass is 347 g/mol. The molecule has 0 saturated carbocycles. The Labute approximate surface area is 130 Å². The molecule has 0 atom stereocenters. The van der Waals surface area contributed by atoms with Crippen LogP contribution in [0.25, 0.3) is 11.2 Å². The zero-order valence-electron chi connectivity index (χ0n) is 11.1. The molecule has 0 amide bonds. The molecule has 2 heterocycles. The zero-order chi connectivity index (χ0) is 14.1. The molecule has 0 aliphatic rings. The van der Waals surface area contributed by atoms with Crippen molar-refractivity contribution in [1.82, 2.24) is 14.5 Å². The van der Waals surface area contributed by atoms with Crippen molar-refractivity contribution in [2.24, 2.45) is 0 Å². The molecular weight excluding hydrogens is 334 g/mol. The molecule has 5 heteroatoms. The van der Waals surface area contributed by atoms with E-state index in [0.717, 1.165) is 28.6 Å². The van der Waals surface area contributed by atoms with Crippen LogP contribution in [0.1, 0.15) is 18.1 Å². The first kappa shape index (κ1) is 13.5. The Bertz CT molecular complexity index is 802. The number of pyridine rings is 1. The number of aryl methyl sites for hydroxylation is 1. The third kappa shape index (κ3) is 2.55. The lowest BCUT2D eigenvalue weighted by Crippen LogP contribution is -2.00. The van der Waals surface area contributed by atoms with Gasteiger partial charge in [-0.1, -0.05) is 31.2 Å². The van der Waals surface area contributed by atoms with Gasteiger partial charge in [-0.2, -0.15) is 0 Å². The highest BCUT2D eigenvalue weighted by atomic mass is 79.9. The Morgan fingerprint density at radius 3 is 2.65 bits per heavy atom. The highest BCUT2D eigenvalue weighted by molar-refractivity contribution is 9.10. The highest BCUT2D eigenvalue weighted by Gasteiger charge is 2.07. The average molecular weight is 348 g/mol. The lowest BCUT2D eigenvalue weighted by atomic mass is 10.1. The van der Waals surface area contributed by atoms with Gasteiger partial charge in [-0.05, 0) is 51.8 Å². The fourth-order valence-corrected chi connectivity index (χ4v) is 2.82. The summed E-state index contributed by atoms with van der Waals surface area (Å²) in [6.07, 6.45) is 2.85. The SMILES string of the molecule is CCc1ccc(Cn2c(=S)[nH]c3cc(Br)cnc32)cc1. The maximum absolute atomic E-state index is 5.40. The Kier molecular flexibility index (Phi) is 3.72. The Morgan fingerprint density at radius 1 is 1.25 bits per heavy atom. The smallest absolute Gasteiger partial charge is 0.179 e. The molecule has 0 fully saturated rings. The molecule has 0 unspecified atom stereocenters. The number of aromatic nitrogens is 3. The topological polar surface area (TPSA) is 33.6 Å². The standard InChI is InChI=1S/C15H14BrN3S/c1-2-10-3-5-11(6-4-10)9-19-14-13(18-15(19)20)7-12(16)8-17-14/h3-8H,2,9H2,1H3,(H,18,20). The largest absolute Gasteiger partial charge is 0.329 e. The summed E-state index contributed by atoms with van der Waals surface area (Å²) in [6, 6.07) is 10.6. The Morgan fingerprint density at radius 2 is 1.95 bits per heavy atom. The van der Waals surface area contributed by atoms with Gasteiger partial charge in [0.15, 0.2) is 10.4 Å². The van der Waals surface area contributed by atoms with Crippen molar-refractivity contribution >= 4 is 39.3 Å². The number of H-pyrrole nitrogens is 1. The number of rotatable bonds is 3. The number of hydrogen-bond acceptors (Lipinski definition) is 2. The van der Waals surface area contributed by atoms with Crippen molar-refractivity contribution in [2.45, 2.75) is 19.9 Å². The predicted octanol–water partition coefficient (Wildman–Crippen LogP) is 4.47. The number of nitrogens with zero attached hydrogens (tertiary/aromatic N) is 2. The van der Waals surface area contributed by atoms with E-state index >= 15 is 0 Å². The van der Waals surface area contributed by atoms with Crippen molar-refractivity contribution in [3.63, 3.8) is 0 Å². The van der Waals surface area contributed by atoms with Gasteiger partial charge in [0.1, 0.15) is 0 Å². The lowest BCUT2D eigenvalue weighted by molar-refractivity contribution is 0.800. The van der Waals surface area contributed by atoms with Crippen LogP contribution < -0.4 is 0 Å². The number of aromatic amines is 1. The maximum Gasteiger partial charge on any atom is 0.179 e. The molecule has 1 N–H and O–H groups in total. The summed E-state index contributed by atoms with van der Waals surface area (Å²) < 4.78 is 3.67. The van der Waals surface area contributed by atoms with E-state index in [1.165, 1.54) is 11.1 Å². The van der Waals surface area contributed by atoms with Gasteiger partial charge in [0.25, 0.3) is 0 Å². The van der Waals surface area contributed by atoms with Gasteiger partial charge in [-0.15, -0.1) is 0 Å². The van der Waals surface area contributed by atoms with E-state index in [4.69, 9.17) is 12.2 Å². The van der Waals surface area contributed by atoms with Crippen molar-refractivity contribution < 1.29 is 0 Å². The Hall–Kier alpha value is -1.46.